The Labute approximate surface area is 398 Å². The lowest BCUT2D eigenvalue weighted by atomic mass is 9.83. The Hall–Kier alpha value is -4.74. The molecule has 0 spiro atoms. The van der Waals surface area contributed by atoms with Crippen molar-refractivity contribution in [2.75, 3.05) is 48.5 Å². The lowest BCUT2D eigenvalue weighted by molar-refractivity contribution is -0.197. The number of hydroxylamine groups is 2. The molecular weight excluding hydrogens is 861 g/mol. The molecule has 2 heterocycles. The highest BCUT2D eigenvalue weighted by Crippen LogP contribution is 2.31. The second kappa shape index (κ2) is 27.3. The Bertz CT molecular complexity index is 1800. The Morgan fingerprint density at radius 2 is 1.48 bits per heavy atom. The fourth-order valence-corrected chi connectivity index (χ4v) is 9.67. The van der Waals surface area contributed by atoms with E-state index in [1.165, 1.54) is 7.11 Å². The Morgan fingerprint density at radius 1 is 0.836 bits per heavy atom. The van der Waals surface area contributed by atoms with Gasteiger partial charge in [-0.05, 0) is 63.1 Å². The van der Waals surface area contributed by atoms with E-state index in [1.807, 2.05) is 90.9 Å². The molecule has 9 atom stereocenters. The molecule has 0 aromatic heterocycles. The molecule has 1 aromatic rings. The molecule has 67 heavy (non-hydrogen) atoms. The van der Waals surface area contributed by atoms with Crippen LogP contribution in [0.25, 0.3) is 0 Å². The quantitative estimate of drug-likeness (QED) is 0.0891. The minimum absolute atomic E-state index is 0.00307. The summed E-state index contributed by atoms with van der Waals surface area (Å²) in [7, 11) is 8.57. The number of imide groups is 1. The number of rotatable bonds is 28. The lowest BCUT2D eigenvalue weighted by Gasteiger charge is -2.41. The number of amides is 6. The van der Waals surface area contributed by atoms with Crippen LogP contribution >= 0.6 is 0 Å². The van der Waals surface area contributed by atoms with Gasteiger partial charge in [0.2, 0.25) is 23.6 Å². The maximum absolute atomic E-state index is 14.4. The fourth-order valence-electron chi connectivity index (χ4n) is 9.67. The van der Waals surface area contributed by atoms with E-state index in [0.717, 1.165) is 12.0 Å². The normalized spacial score (nSPS) is 18.9. The molecule has 2 N–H and O–H groups in total. The molecular formula is C50H80N6O11. The molecule has 0 aliphatic carbocycles. The number of nitrogens with one attached hydrogen (secondary N) is 2. The largest absolute Gasteiger partial charge is 0.379 e. The van der Waals surface area contributed by atoms with E-state index in [-0.39, 0.29) is 86.5 Å². The van der Waals surface area contributed by atoms with Gasteiger partial charge in [-0.25, -0.2) is 4.79 Å². The van der Waals surface area contributed by atoms with Crippen LogP contribution in [0.3, 0.4) is 0 Å². The van der Waals surface area contributed by atoms with Crippen LogP contribution in [-0.2, 0) is 59.1 Å². The maximum atomic E-state index is 14.4. The van der Waals surface area contributed by atoms with Crippen molar-refractivity contribution in [1.82, 2.24) is 30.4 Å². The number of hydrogen-bond donors (Lipinski definition) is 2. The molecule has 2 fully saturated rings. The van der Waals surface area contributed by atoms with Crippen molar-refractivity contribution in [2.45, 2.75) is 155 Å². The standard InChI is InChI=1S/C50H80N6O11/c1-13-33(6)46(54(10)50(64)36(31(2)3)29-39(57)45(32(4)5)53(8)9)40(65-11)30-43(60)55-27-19-22-38(55)47(66-12)34(7)48(62)52-37(28-35-20-15-14-16-21-35)49(63)51-26-18-17-23-44(61)67-56-41(58)24-25-42(56)59/h14-16,20-21,31-34,36-38,40,45-47H,13,17-19,22-30H2,1-12H3,(H,51,63)(H,52,62)/t33?,34-,36+,37+,38+,40-,45+,46+,47-/m1/s1. The average molecular weight is 941 g/mol. The smallest absolute Gasteiger partial charge is 0.333 e. The molecule has 0 saturated carbocycles. The Morgan fingerprint density at radius 3 is 2.03 bits per heavy atom. The Kier molecular flexibility index (Phi) is 23.1. The summed E-state index contributed by atoms with van der Waals surface area (Å²) in [6.45, 7) is 14.4. The molecule has 17 nitrogen and oxygen atoms in total. The van der Waals surface area contributed by atoms with Gasteiger partial charge < -0.3 is 34.7 Å². The van der Waals surface area contributed by atoms with Crippen LogP contribution in [0.1, 0.15) is 118 Å². The first-order valence-corrected chi connectivity index (χ1v) is 24.2. The summed E-state index contributed by atoms with van der Waals surface area (Å²) in [6.07, 6.45) is 1.58. The summed E-state index contributed by atoms with van der Waals surface area (Å²) < 4.78 is 12.1. The summed E-state index contributed by atoms with van der Waals surface area (Å²) in [6, 6.07) is 7.09. The van der Waals surface area contributed by atoms with Crippen LogP contribution in [-0.4, -0.2) is 152 Å². The highest BCUT2D eigenvalue weighted by atomic mass is 16.7. The van der Waals surface area contributed by atoms with Crippen LogP contribution in [0.2, 0.25) is 0 Å². The van der Waals surface area contributed by atoms with Gasteiger partial charge in [-0.1, -0.05) is 85.2 Å². The van der Waals surface area contributed by atoms with E-state index in [2.05, 4.69) is 10.6 Å². The van der Waals surface area contributed by atoms with E-state index in [4.69, 9.17) is 14.3 Å². The van der Waals surface area contributed by atoms with Gasteiger partial charge in [0.05, 0.1) is 42.7 Å². The second-order valence-electron chi connectivity index (χ2n) is 19.3. The van der Waals surface area contributed by atoms with Gasteiger partial charge >= 0.3 is 5.97 Å². The first-order valence-electron chi connectivity index (χ1n) is 24.2. The minimum atomic E-state index is -0.953. The summed E-state index contributed by atoms with van der Waals surface area (Å²) in [5.74, 6) is -4.40. The van der Waals surface area contributed by atoms with E-state index in [9.17, 15) is 38.4 Å². The highest BCUT2D eigenvalue weighted by molar-refractivity contribution is 6.01. The van der Waals surface area contributed by atoms with Gasteiger partial charge in [0, 0.05) is 72.4 Å². The molecule has 0 bridgehead atoms. The van der Waals surface area contributed by atoms with E-state index in [1.54, 1.807) is 30.9 Å². The van der Waals surface area contributed by atoms with Crippen LogP contribution in [0.4, 0.5) is 0 Å². The molecule has 2 aliphatic heterocycles. The van der Waals surface area contributed by atoms with Gasteiger partial charge in [0.25, 0.3) is 11.8 Å². The third-order valence-electron chi connectivity index (χ3n) is 13.5. The SMILES string of the molecule is CCC(C)[C@@H]([C@@H](CC(=O)N1CCC[C@H]1[C@H](OC)[C@@H](C)C(=O)N[C@@H](Cc1ccccc1)C(=O)NCCCCC(=O)ON1C(=O)CCC1=O)OC)N(C)C(=O)[C@@H](CC(=O)[C@H](C(C)C)N(C)C)C(C)C. The number of carbonyl (C=O) groups excluding carboxylic acids is 8. The van der Waals surface area contributed by atoms with Crippen LogP contribution < -0.4 is 10.6 Å². The average Bonchev–Trinajstić information content (AvgIpc) is 3.89. The monoisotopic (exact) mass is 941 g/mol. The zero-order valence-corrected chi connectivity index (χ0v) is 42.2. The number of unbranched alkanes of at least 4 members (excludes halogenated alkanes) is 1. The van der Waals surface area contributed by atoms with Crippen molar-refractivity contribution in [1.29, 1.82) is 0 Å². The number of methoxy groups -OCH3 is 2. The van der Waals surface area contributed by atoms with Crippen molar-refractivity contribution < 1.29 is 52.7 Å². The first kappa shape index (κ1) is 56.6. The first-order chi connectivity index (χ1) is 31.7. The summed E-state index contributed by atoms with van der Waals surface area (Å²) in [5.41, 5.74) is 0.827. The predicted octanol–water partition coefficient (Wildman–Crippen LogP) is 4.35. The third-order valence-corrected chi connectivity index (χ3v) is 13.5. The van der Waals surface area contributed by atoms with Gasteiger partial charge in [-0.15, -0.1) is 5.06 Å². The van der Waals surface area contributed by atoms with Gasteiger partial charge in [-0.3, -0.25) is 38.5 Å². The number of ether oxygens (including phenoxy) is 2. The van der Waals surface area contributed by atoms with Crippen molar-refractivity contribution in [3.8, 4) is 0 Å². The summed E-state index contributed by atoms with van der Waals surface area (Å²) in [4.78, 5) is 116. The van der Waals surface area contributed by atoms with Crippen LogP contribution in [0.15, 0.2) is 30.3 Å². The van der Waals surface area contributed by atoms with E-state index in [0.29, 0.717) is 37.3 Å². The maximum Gasteiger partial charge on any atom is 0.333 e. The third kappa shape index (κ3) is 15.9. The van der Waals surface area contributed by atoms with Gasteiger partial charge in [-0.2, -0.15) is 0 Å². The topological polar surface area (TPSA) is 201 Å². The molecule has 3 rings (SSSR count). The second-order valence-corrected chi connectivity index (χ2v) is 19.3. The number of likely N-dealkylation sites (N-methyl/N-ethyl adjacent to an activating group) is 2. The fraction of sp³-hybridized carbons (Fsp3) is 0.720. The van der Waals surface area contributed by atoms with Crippen LogP contribution in [0, 0.1) is 29.6 Å². The molecule has 17 heteroatoms. The number of ketones is 1. The number of benzene rings is 1. The summed E-state index contributed by atoms with van der Waals surface area (Å²) in [5, 5.41) is 6.31. The minimum Gasteiger partial charge on any atom is -0.379 e. The van der Waals surface area contributed by atoms with Crippen LogP contribution in [0.5, 0.6) is 0 Å². The number of carbonyl (C=O) groups is 8. The lowest BCUT2D eigenvalue weighted by Crippen LogP contribution is -2.55. The van der Waals surface area contributed by atoms with Gasteiger partial charge in [0.15, 0.2) is 5.78 Å². The number of nitrogens with zero attached hydrogens (tertiary/aromatic N) is 4. The highest BCUT2D eigenvalue weighted by Gasteiger charge is 2.44. The predicted molar refractivity (Wildman–Crippen MR) is 253 cm³/mol. The van der Waals surface area contributed by atoms with Crippen molar-refractivity contribution in [3.05, 3.63) is 35.9 Å². The van der Waals surface area contributed by atoms with E-state index < -0.39 is 71.8 Å². The molecule has 2 aliphatic rings. The number of Topliss-reactive ketones (excluding diaryl/α,β-unsaturated/α-hetero) is 1. The van der Waals surface area contributed by atoms with Crippen molar-refractivity contribution in [3.63, 3.8) is 0 Å². The summed E-state index contributed by atoms with van der Waals surface area (Å²) >= 11 is 0. The number of hydrogen-bond acceptors (Lipinski definition) is 12. The zero-order chi connectivity index (χ0) is 50.1. The Balaban J connectivity index is 1.72. The zero-order valence-electron chi connectivity index (χ0n) is 42.2. The molecule has 1 unspecified atom stereocenters. The number of likely N-dealkylation sites (tertiary alicyclic amines) is 1. The molecule has 376 valence electrons. The van der Waals surface area contributed by atoms with E-state index >= 15 is 0 Å². The molecule has 6 amide bonds. The molecule has 0 radical (unpaired) electrons. The van der Waals surface area contributed by atoms with Gasteiger partial charge in [0.1, 0.15) is 6.04 Å². The van der Waals surface area contributed by atoms with Crippen molar-refractivity contribution >= 4 is 47.2 Å². The molecule has 1 aromatic carbocycles. The molecule has 2 saturated heterocycles. The van der Waals surface area contributed by atoms with Crippen molar-refractivity contribution in [2.24, 2.45) is 29.6 Å².